The summed E-state index contributed by atoms with van der Waals surface area (Å²) in [7, 11) is 0. The summed E-state index contributed by atoms with van der Waals surface area (Å²) in [6, 6.07) is 5.13. The number of allylic oxidation sites excluding steroid dienone is 1. The Kier molecular flexibility index (Phi) is 8.97. The third-order valence-electron chi connectivity index (χ3n) is 5.47. The van der Waals surface area contributed by atoms with E-state index in [-0.39, 0.29) is 41.5 Å². The van der Waals surface area contributed by atoms with Gasteiger partial charge in [-0.05, 0) is 62.9 Å². The zero-order valence-electron chi connectivity index (χ0n) is 22.1. The molecule has 0 spiro atoms. The van der Waals surface area contributed by atoms with E-state index in [9.17, 15) is 9.59 Å². The van der Waals surface area contributed by atoms with Gasteiger partial charge in [-0.1, -0.05) is 43.1 Å². The van der Waals surface area contributed by atoms with Crippen LogP contribution in [0.25, 0.3) is 11.0 Å². The summed E-state index contributed by atoms with van der Waals surface area (Å²) in [5, 5.41) is 6.02. The molecule has 0 N–H and O–H groups in total. The Balaban J connectivity index is 2.04. The van der Waals surface area contributed by atoms with E-state index in [0.29, 0.717) is 23.6 Å². The Hall–Kier alpha value is -2.97. The molecule has 0 bridgehead atoms. The van der Waals surface area contributed by atoms with Crippen molar-refractivity contribution >= 4 is 51.8 Å². The summed E-state index contributed by atoms with van der Waals surface area (Å²) < 4.78 is 7.34. The lowest BCUT2D eigenvalue weighted by Gasteiger charge is -2.26. The summed E-state index contributed by atoms with van der Waals surface area (Å²) in [5.74, 6) is 0.0423. The molecule has 3 aromatic rings. The number of Topliss-reactive ketones (excluding diaryl/α,β-unsaturated/α-hetero) is 1. The fourth-order valence-corrected chi connectivity index (χ4v) is 4.61. The average Bonchev–Trinajstić information content (AvgIpc) is 3.06. The van der Waals surface area contributed by atoms with Gasteiger partial charge in [0.15, 0.2) is 11.4 Å². The number of aryl methyl sites for hydroxylation is 1. The standard InChI is InChI=1S/C27H33Cl2N5O3/c1-8-9-34-26-25(17(4)32-34)20(16(2)3)13-23(31-26)33(15-24(36)37-27(5,6)7)14-19(35)10-18-11-21(28)30-22(29)12-18/h8,11-13,16H,1,9-10,14-15H2,2-7H3. The Morgan fingerprint density at radius 2 is 1.78 bits per heavy atom. The van der Waals surface area contributed by atoms with E-state index in [1.54, 1.807) is 48.6 Å². The number of aromatic nitrogens is 4. The number of rotatable bonds is 10. The predicted molar refractivity (Wildman–Crippen MR) is 148 cm³/mol. The Morgan fingerprint density at radius 3 is 2.35 bits per heavy atom. The molecule has 0 fully saturated rings. The number of fused-ring (bicyclic) bond motifs is 1. The summed E-state index contributed by atoms with van der Waals surface area (Å²) in [5.41, 5.74) is 2.53. The number of anilines is 1. The van der Waals surface area contributed by atoms with Gasteiger partial charge >= 0.3 is 5.97 Å². The van der Waals surface area contributed by atoms with Gasteiger partial charge in [0, 0.05) is 11.8 Å². The van der Waals surface area contributed by atoms with Crippen LogP contribution in [-0.2, 0) is 27.3 Å². The molecule has 0 radical (unpaired) electrons. The van der Waals surface area contributed by atoms with Crippen molar-refractivity contribution in [1.29, 1.82) is 0 Å². The Bertz CT molecular complexity index is 1310. The van der Waals surface area contributed by atoms with Crippen molar-refractivity contribution in [1.82, 2.24) is 19.7 Å². The minimum absolute atomic E-state index is 0.0680. The number of halogens is 2. The third kappa shape index (κ3) is 7.52. The van der Waals surface area contributed by atoms with Gasteiger partial charge in [-0.2, -0.15) is 5.10 Å². The first-order valence-electron chi connectivity index (χ1n) is 12.1. The van der Waals surface area contributed by atoms with Crippen molar-refractivity contribution in [2.75, 3.05) is 18.0 Å². The fraction of sp³-hybridized carbons (Fsp3) is 0.444. The van der Waals surface area contributed by atoms with Crippen molar-refractivity contribution in [2.24, 2.45) is 0 Å². The normalized spacial score (nSPS) is 11.7. The molecule has 3 rings (SSSR count). The van der Waals surface area contributed by atoms with Gasteiger partial charge in [0.25, 0.3) is 0 Å². The van der Waals surface area contributed by atoms with Crippen LogP contribution >= 0.6 is 23.2 Å². The zero-order valence-corrected chi connectivity index (χ0v) is 23.7. The molecule has 0 saturated heterocycles. The van der Waals surface area contributed by atoms with Gasteiger partial charge in [0.2, 0.25) is 0 Å². The molecular formula is C27H33Cl2N5O3. The van der Waals surface area contributed by atoms with Gasteiger partial charge in [-0.15, -0.1) is 6.58 Å². The number of pyridine rings is 2. The average molecular weight is 546 g/mol. The van der Waals surface area contributed by atoms with Crippen LogP contribution in [-0.4, -0.2) is 50.2 Å². The van der Waals surface area contributed by atoms with Gasteiger partial charge < -0.3 is 9.64 Å². The number of carbonyl (C=O) groups is 2. The summed E-state index contributed by atoms with van der Waals surface area (Å²) in [6.45, 7) is 15.6. The predicted octanol–water partition coefficient (Wildman–Crippen LogP) is 5.71. The highest BCUT2D eigenvalue weighted by molar-refractivity contribution is 6.32. The van der Waals surface area contributed by atoms with Crippen molar-refractivity contribution < 1.29 is 14.3 Å². The van der Waals surface area contributed by atoms with E-state index in [4.69, 9.17) is 32.9 Å². The highest BCUT2D eigenvalue weighted by atomic mass is 35.5. The number of nitrogens with zero attached hydrogens (tertiary/aromatic N) is 5. The molecule has 0 amide bonds. The number of carbonyl (C=O) groups excluding carboxylic acids is 2. The van der Waals surface area contributed by atoms with Crippen molar-refractivity contribution in [3.63, 3.8) is 0 Å². The smallest absolute Gasteiger partial charge is 0.326 e. The molecular weight excluding hydrogens is 513 g/mol. The topological polar surface area (TPSA) is 90.2 Å². The first kappa shape index (κ1) is 28.6. The quantitative estimate of drug-likeness (QED) is 0.183. The maximum Gasteiger partial charge on any atom is 0.326 e. The number of esters is 1. The molecule has 3 aromatic heterocycles. The maximum absolute atomic E-state index is 13.2. The highest BCUT2D eigenvalue weighted by Crippen LogP contribution is 2.31. The van der Waals surface area contributed by atoms with Crippen LogP contribution in [0, 0.1) is 6.92 Å². The van der Waals surface area contributed by atoms with E-state index in [1.165, 1.54) is 0 Å². The van der Waals surface area contributed by atoms with Gasteiger partial charge in [0.05, 0.1) is 18.8 Å². The lowest BCUT2D eigenvalue weighted by molar-refractivity contribution is -0.153. The van der Waals surface area contributed by atoms with Gasteiger partial charge in [-0.3, -0.25) is 9.59 Å². The summed E-state index contributed by atoms with van der Waals surface area (Å²) >= 11 is 12.0. The van der Waals surface area contributed by atoms with Crippen LogP contribution in [0.1, 0.15) is 57.4 Å². The highest BCUT2D eigenvalue weighted by Gasteiger charge is 2.25. The van der Waals surface area contributed by atoms with Crippen LogP contribution in [0.5, 0.6) is 0 Å². The summed E-state index contributed by atoms with van der Waals surface area (Å²) in [4.78, 5) is 36.5. The molecule has 3 heterocycles. The van der Waals surface area contributed by atoms with Crippen LogP contribution in [0.3, 0.4) is 0 Å². The largest absolute Gasteiger partial charge is 0.459 e. The van der Waals surface area contributed by atoms with Gasteiger partial charge in [-0.25, -0.2) is 14.6 Å². The third-order valence-corrected chi connectivity index (χ3v) is 5.86. The van der Waals surface area contributed by atoms with Gasteiger partial charge in [0.1, 0.15) is 28.3 Å². The van der Waals surface area contributed by atoms with E-state index in [0.717, 1.165) is 16.6 Å². The Morgan fingerprint density at radius 1 is 1.14 bits per heavy atom. The van der Waals surface area contributed by atoms with Crippen LogP contribution in [0.2, 0.25) is 10.3 Å². The van der Waals surface area contributed by atoms with Crippen molar-refractivity contribution in [3.05, 3.63) is 58.0 Å². The lowest BCUT2D eigenvalue weighted by atomic mass is 9.99. The molecule has 0 unspecified atom stereocenters. The molecule has 0 atom stereocenters. The first-order chi connectivity index (χ1) is 17.3. The van der Waals surface area contributed by atoms with Crippen LogP contribution < -0.4 is 4.90 Å². The SMILES string of the molecule is C=CCn1nc(C)c2c(C(C)C)cc(N(CC(=O)Cc3cc(Cl)nc(Cl)c3)CC(=O)OC(C)(C)C)nc21. The van der Waals surface area contributed by atoms with E-state index < -0.39 is 11.6 Å². The second-order valence-electron chi connectivity index (χ2n) is 10.3. The van der Waals surface area contributed by atoms with Crippen LogP contribution in [0.15, 0.2) is 30.9 Å². The molecule has 0 aliphatic carbocycles. The molecule has 0 aromatic carbocycles. The van der Waals surface area contributed by atoms with E-state index in [1.807, 2.05) is 13.0 Å². The first-order valence-corrected chi connectivity index (χ1v) is 12.8. The molecule has 0 aliphatic rings. The fourth-order valence-electron chi connectivity index (χ4n) is 4.10. The van der Waals surface area contributed by atoms with E-state index in [2.05, 4.69) is 30.5 Å². The second-order valence-corrected chi connectivity index (χ2v) is 11.0. The minimum atomic E-state index is -0.669. The molecule has 198 valence electrons. The van der Waals surface area contributed by atoms with E-state index >= 15 is 0 Å². The van der Waals surface area contributed by atoms with Crippen LogP contribution in [0.4, 0.5) is 5.82 Å². The number of ketones is 1. The summed E-state index contributed by atoms with van der Waals surface area (Å²) in [6.07, 6.45) is 1.82. The molecule has 10 heteroatoms. The van der Waals surface area contributed by atoms with Crippen molar-refractivity contribution in [3.8, 4) is 0 Å². The number of hydrogen-bond donors (Lipinski definition) is 0. The Labute approximate surface area is 227 Å². The number of hydrogen-bond acceptors (Lipinski definition) is 7. The monoisotopic (exact) mass is 545 g/mol. The second kappa shape index (κ2) is 11.6. The lowest BCUT2D eigenvalue weighted by Crippen LogP contribution is -2.39. The number of ether oxygens (including phenoxy) is 1. The van der Waals surface area contributed by atoms with Crippen molar-refractivity contribution in [2.45, 2.75) is 66.0 Å². The molecule has 8 nitrogen and oxygen atoms in total. The molecule has 37 heavy (non-hydrogen) atoms. The molecule has 0 aliphatic heterocycles. The maximum atomic E-state index is 13.2. The zero-order chi connectivity index (χ0) is 27.5. The minimum Gasteiger partial charge on any atom is -0.459 e. The molecule has 0 saturated carbocycles.